The van der Waals surface area contributed by atoms with E-state index in [0.29, 0.717) is 6.54 Å². The van der Waals surface area contributed by atoms with Crippen LogP contribution in [0, 0.1) is 6.92 Å². The van der Waals surface area contributed by atoms with Gasteiger partial charge in [0.2, 0.25) is 5.91 Å². The molecule has 98 valence electrons. The fourth-order valence-corrected chi connectivity index (χ4v) is 2.27. The highest BCUT2D eigenvalue weighted by atomic mass is 16.3. The van der Waals surface area contributed by atoms with Crippen LogP contribution < -0.4 is 10.2 Å². The molecule has 0 saturated carbocycles. The third kappa shape index (κ3) is 2.06. The summed E-state index contributed by atoms with van der Waals surface area (Å²) in [6, 6.07) is 1.91. The zero-order chi connectivity index (χ0) is 13.3. The van der Waals surface area contributed by atoms with Crippen LogP contribution in [0.3, 0.4) is 0 Å². The van der Waals surface area contributed by atoms with Crippen LogP contribution in [-0.4, -0.2) is 34.6 Å². The van der Waals surface area contributed by atoms with Gasteiger partial charge in [0.25, 0.3) is 0 Å². The summed E-state index contributed by atoms with van der Waals surface area (Å²) in [6.07, 6.45) is 1.66. The largest absolute Gasteiger partial charge is 0.392 e. The molecule has 0 bridgehead atoms. The number of amides is 1. The van der Waals surface area contributed by atoms with E-state index < -0.39 is 5.54 Å². The summed E-state index contributed by atoms with van der Waals surface area (Å²) in [5.41, 5.74) is 1.16. The molecule has 0 spiro atoms. The van der Waals surface area contributed by atoms with Crippen molar-refractivity contribution in [2.45, 2.75) is 32.9 Å². The van der Waals surface area contributed by atoms with Crippen LogP contribution in [-0.2, 0) is 11.4 Å². The van der Waals surface area contributed by atoms with Crippen molar-refractivity contribution in [2.75, 3.05) is 18.0 Å². The number of rotatable bonds is 2. The number of aromatic nitrogens is 1. The summed E-state index contributed by atoms with van der Waals surface area (Å²) in [7, 11) is 0. The Morgan fingerprint density at radius 1 is 1.56 bits per heavy atom. The summed E-state index contributed by atoms with van der Waals surface area (Å²) in [4.78, 5) is 18.3. The highest BCUT2D eigenvalue weighted by Gasteiger charge is 2.38. The number of hydrogen-bond acceptors (Lipinski definition) is 4. The first kappa shape index (κ1) is 12.8. The molecular formula is C13H19N3O2. The lowest BCUT2D eigenvalue weighted by molar-refractivity contribution is -0.126. The number of nitrogens with zero attached hydrogens (tertiary/aromatic N) is 2. The topological polar surface area (TPSA) is 65.5 Å². The van der Waals surface area contributed by atoms with E-state index >= 15 is 0 Å². The standard InChI is InChI=1S/C13H19N3O2/c1-9-6-10(8-17)7-15-11(9)16-5-4-14-12(18)13(16,2)3/h6-7,17H,4-5,8H2,1-3H3,(H,14,18). The molecule has 1 amide bonds. The summed E-state index contributed by atoms with van der Waals surface area (Å²) < 4.78 is 0. The molecule has 0 radical (unpaired) electrons. The van der Waals surface area contributed by atoms with Gasteiger partial charge in [-0.25, -0.2) is 4.98 Å². The second-order valence-corrected chi connectivity index (χ2v) is 5.11. The normalized spacial score (nSPS) is 18.7. The van der Waals surface area contributed by atoms with E-state index in [-0.39, 0.29) is 12.5 Å². The van der Waals surface area contributed by atoms with Crippen molar-refractivity contribution in [1.82, 2.24) is 10.3 Å². The lowest BCUT2D eigenvalue weighted by Crippen LogP contribution is -2.62. The summed E-state index contributed by atoms with van der Waals surface area (Å²) in [5.74, 6) is 0.827. The van der Waals surface area contributed by atoms with E-state index in [2.05, 4.69) is 10.3 Å². The average Bonchev–Trinajstić information content (AvgIpc) is 2.33. The van der Waals surface area contributed by atoms with Gasteiger partial charge in [-0.2, -0.15) is 0 Å². The number of piperazine rings is 1. The SMILES string of the molecule is Cc1cc(CO)cnc1N1CCNC(=O)C1(C)C. The number of hydrogen-bond donors (Lipinski definition) is 2. The van der Waals surface area contributed by atoms with Gasteiger partial charge >= 0.3 is 0 Å². The fourth-order valence-electron chi connectivity index (χ4n) is 2.27. The molecule has 0 atom stereocenters. The van der Waals surface area contributed by atoms with Gasteiger partial charge in [-0.05, 0) is 38.0 Å². The average molecular weight is 249 g/mol. The third-order valence-corrected chi connectivity index (χ3v) is 3.40. The van der Waals surface area contributed by atoms with Crippen molar-refractivity contribution >= 4 is 11.7 Å². The Bertz CT molecular complexity index is 471. The Balaban J connectivity index is 2.38. The molecule has 5 nitrogen and oxygen atoms in total. The van der Waals surface area contributed by atoms with Crippen molar-refractivity contribution in [3.8, 4) is 0 Å². The number of aryl methyl sites for hydroxylation is 1. The van der Waals surface area contributed by atoms with Crippen molar-refractivity contribution in [3.05, 3.63) is 23.4 Å². The van der Waals surface area contributed by atoms with Gasteiger partial charge in [-0.1, -0.05) is 0 Å². The van der Waals surface area contributed by atoms with Crippen molar-refractivity contribution in [1.29, 1.82) is 0 Å². The zero-order valence-corrected chi connectivity index (χ0v) is 11.0. The summed E-state index contributed by atoms with van der Waals surface area (Å²) in [6.45, 7) is 7.09. The first-order chi connectivity index (χ1) is 8.46. The second kappa shape index (κ2) is 4.57. The molecule has 2 heterocycles. The van der Waals surface area contributed by atoms with E-state index in [1.165, 1.54) is 0 Å². The number of anilines is 1. The van der Waals surface area contributed by atoms with Gasteiger partial charge in [0.15, 0.2) is 0 Å². The van der Waals surface area contributed by atoms with Crippen LogP contribution in [0.1, 0.15) is 25.0 Å². The molecule has 2 rings (SSSR count). The maximum absolute atomic E-state index is 11.9. The van der Waals surface area contributed by atoms with Crippen molar-refractivity contribution in [3.63, 3.8) is 0 Å². The molecule has 0 aliphatic carbocycles. The Morgan fingerprint density at radius 3 is 2.89 bits per heavy atom. The Kier molecular flexibility index (Phi) is 3.26. The lowest BCUT2D eigenvalue weighted by atomic mass is 9.98. The quantitative estimate of drug-likeness (QED) is 0.805. The van der Waals surface area contributed by atoms with Gasteiger partial charge in [0.05, 0.1) is 6.61 Å². The molecule has 0 unspecified atom stereocenters. The first-order valence-corrected chi connectivity index (χ1v) is 6.09. The number of nitrogens with one attached hydrogen (secondary N) is 1. The van der Waals surface area contributed by atoms with Crippen molar-refractivity contribution in [2.24, 2.45) is 0 Å². The maximum atomic E-state index is 11.9. The Morgan fingerprint density at radius 2 is 2.28 bits per heavy atom. The van der Waals surface area contributed by atoms with Gasteiger partial charge in [0.1, 0.15) is 11.4 Å². The molecule has 2 N–H and O–H groups in total. The predicted molar refractivity (Wildman–Crippen MR) is 69.3 cm³/mol. The second-order valence-electron chi connectivity index (χ2n) is 5.11. The molecule has 1 aliphatic heterocycles. The van der Waals surface area contributed by atoms with E-state index in [0.717, 1.165) is 23.5 Å². The Hall–Kier alpha value is -1.62. The molecule has 0 aromatic carbocycles. The minimum absolute atomic E-state index is 0.0150. The first-order valence-electron chi connectivity index (χ1n) is 6.09. The minimum Gasteiger partial charge on any atom is -0.392 e. The van der Waals surface area contributed by atoms with Crippen LogP contribution in [0.25, 0.3) is 0 Å². The van der Waals surface area contributed by atoms with Crippen LogP contribution >= 0.6 is 0 Å². The molecule has 1 aliphatic rings. The molecule has 5 heteroatoms. The summed E-state index contributed by atoms with van der Waals surface area (Å²) >= 11 is 0. The number of aliphatic hydroxyl groups excluding tert-OH is 1. The molecule has 1 fully saturated rings. The highest BCUT2D eigenvalue weighted by molar-refractivity contribution is 5.90. The smallest absolute Gasteiger partial charge is 0.245 e. The maximum Gasteiger partial charge on any atom is 0.245 e. The summed E-state index contributed by atoms with van der Waals surface area (Å²) in [5, 5.41) is 12.0. The number of pyridine rings is 1. The highest BCUT2D eigenvalue weighted by Crippen LogP contribution is 2.27. The van der Waals surface area contributed by atoms with E-state index in [4.69, 9.17) is 5.11 Å². The molecular weight excluding hydrogens is 230 g/mol. The zero-order valence-electron chi connectivity index (χ0n) is 11.0. The fraction of sp³-hybridized carbons (Fsp3) is 0.538. The van der Waals surface area contributed by atoms with E-state index in [1.807, 2.05) is 31.7 Å². The van der Waals surface area contributed by atoms with Crippen LogP contribution in [0.15, 0.2) is 12.3 Å². The van der Waals surface area contributed by atoms with Crippen molar-refractivity contribution < 1.29 is 9.90 Å². The van der Waals surface area contributed by atoms with Crippen LogP contribution in [0.2, 0.25) is 0 Å². The number of carbonyl (C=O) groups excluding carboxylic acids is 1. The minimum atomic E-state index is -0.600. The molecule has 1 saturated heterocycles. The molecule has 18 heavy (non-hydrogen) atoms. The monoisotopic (exact) mass is 249 g/mol. The Labute approximate surface area is 107 Å². The van der Waals surface area contributed by atoms with E-state index in [9.17, 15) is 4.79 Å². The number of aliphatic hydroxyl groups is 1. The predicted octanol–water partition coefficient (Wildman–Crippen LogP) is 0.597. The number of carbonyl (C=O) groups is 1. The molecule has 1 aromatic heterocycles. The van der Waals surface area contributed by atoms with Gasteiger partial charge < -0.3 is 15.3 Å². The van der Waals surface area contributed by atoms with E-state index in [1.54, 1.807) is 6.20 Å². The van der Waals surface area contributed by atoms with Gasteiger partial charge in [-0.15, -0.1) is 0 Å². The van der Waals surface area contributed by atoms with Crippen LogP contribution in [0.5, 0.6) is 0 Å². The van der Waals surface area contributed by atoms with Gasteiger partial charge in [0, 0.05) is 19.3 Å². The van der Waals surface area contributed by atoms with Crippen LogP contribution in [0.4, 0.5) is 5.82 Å². The molecule has 1 aromatic rings. The third-order valence-electron chi connectivity index (χ3n) is 3.40. The lowest BCUT2D eigenvalue weighted by Gasteiger charge is -2.42. The van der Waals surface area contributed by atoms with Gasteiger partial charge in [-0.3, -0.25) is 4.79 Å².